The molecule has 2 aromatic rings. The lowest BCUT2D eigenvalue weighted by Crippen LogP contribution is -2.45. The minimum atomic E-state index is -4.81. The fraction of sp³-hybridized carbons (Fsp3) is 0.444. The molecule has 2 aromatic heterocycles. The van der Waals surface area contributed by atoms with Crippen LogP contribution in [0.1, 0.15) is 36.6 Å². The molecule has 2 rings (SSSR count). The van der Waals surface area contributed by atoms with Crippen LogP contribution >= 0.6 is 0 Å². The van der Waals surface area contributed by atoms with Crippen LogP contribution in [0.15, 0.2) is 30.3 Å². The number of alkyl halides is 5. The number of hydrogen-bond donors (Lipinski definition) is 1. The van der Waals surface area contributed by atoms with Gasteiger partial charge in [0.15, 0.2) is 5.60 Å². The van der Waals surface area contributed by atoms with Gasteiger partial charge in [-0.3, -0.25) is 9.97 Å². The van der Waals surface area contributed by atoms with Gasteiger partial charge < -0.3 is 9.84 Å². The van der Waals surface area contributed by atoms with Gasteiger partial charge in [0.2, 0.25) is 5.60 Å². The molecule has 0 saturated carbocycles. The van der Waals surface area contributed by atoms with Crippen molar-refractivity contribution in [2.24, 2.45) is 0 Å². The van der Waals surface area contributed by atoms with Gasteiger partial charge in [0.25, 0.3) is 6.43 Å². The zero-order valence-corrected chi connectivity index (χ0v) is 15.1. The molecule has 0 fully saturated rings. The monoisotopic (exact) mass is 390 g/mol. The Morgan fingerprint density at radius 1 is 0.963 bits per heavy atom. The third-order valence-electron chi connectivity index (χ3n) is 4.21. The zero-order chi connectivity index (χ0) is 20.6. The fourth-order valence-electron chi connectivity index (χ4n) is 2.33. The standard InChI is InChI=1S/C18H19F5N2O2/c1-10-6-5-7-14(24-10)17(4,18(21,22)23)27-12-8-9-13(25-11(12)2)16(3,26)15(19)20/h5-9,15,26H,1-4H3. The molecule has 0 radical (unpaired) electrons. The molecular weight excluding hydrogens is 371 g/mol. The van der Waals surface area contributed by atoms with Crippen molar-refractivity contribution in [1.29, 1.82) is 0 Å². The van der Waals surface area contributed by atoms with Crippen LogP contribution in [0.4, 0.5) is 22.0 Å². The number of halogens is 5. The van der Waals surface area contributed by atoms with Gasteiger partial charge in [-0.25, -0.2) is 8.78 Å². The maximum Gasteiger partial charge on any atom is 0.433 e. The Hall–Kier alpha value is -2.29. The Bertz CT molecular complexity index is 824. The van der Waals surface area contributed by atoms with Crippen LogP contribution in [-0.2, 0) is 11.2 Å². The maximum absolute atomic E-state index is 13.8. The summed E-state index contributed by atoms with van der Waals surface area (Å²) in [5.74, 6) is -0.257. The average Bonchev–Trinajstić information content (AvgIpc) is 2.55. The van der Waals surface area contributed by atoms with Crippen molar-refractivity contribution >= 4 is 0 Å². The van der Waals surface area contributed by atoms with Crippen LogP contribution in [0.2, 0.25) is 0 Å². The Labute approximate surface area is 153 Å². The van der Waals surface area contributed by atoms with Gasteiger partial charge in [0, 0.05) is 5.69 Å². The number of rotatable bonds is 5. The summed E-state index contributed by atoms with van der Waals surface area (Å²) in [5.41, 5.74) is -5.73. The van der Waals surface area contributed by atoms with Crippen molar-refractivity contribution in [3.8, 4) is 5.75 Å². The Balaban J connectivity index is 2.48. The van der Waals surface area contributed by atoms with Crippen LogP contribution in [0.5, 0.6) is 5.75 Å². The van der Waals surface area contributed by atoms with Crippen molar-refractivity contribution < 1.29 is 31.8 Å². The fourth-order valence-corrected chi connectivity index (χ4v) is 2.33. The van der Waals surface area contributed by atoms with E-state index in [1.807, 2.05) is 0 Å². The van der Waals surface area contributed by atoms with Crippen LogP contribution in [-0.4, -0.2) is 27.7 Å². The van der Waals surface area contributed by atoms with Gasteiger partial charge in [-0.2, -0.15) is 13.2 Å². The first kappa shape index (κ1) is 21.0. The Morgan fingerprint density at radius 3 is 2.07 bits per heavy atom. The number of aryl methyl sites for hydroxylation is 2. The van der Waals surface area contributed by atoms with E-state index < -0.39 is 23.8 Å². The summed E-state index contributed by atoms with van der Waals surface area (Å²) in [6, 6.07) is 6.26. The molecule has 0 aliphatic rings. The van der Waals surface area contributed by atoms with Crippen LogP contribution in [0.25, 0.3) is 0 Å². The minimum Gasteiger partial charge on any atom is -0.470 e. The summed E-state index contributed by atoms with van der Waals surface area (Å²) < 4.78 is 72.5. The molecule has 0 amide bonds. The van der Waals surface area contributed by atoms with Crippen molar-refractivity contribution in [3.05, 3.63) is 53.1 Å². The highest BCUT2D eigenvalue weighted by Crippen LogP contribution is 2.42. The number of nitrogens with zero attached hydrogens (tertiary/aromatic N) is 2. The summed E-state index contributed by atoms with van der Waals surface area (Å²) in [5, 5.41) is 9.81. The molecule has 4 nitrogen and oxygen atoms in total. The molecule has 0 bridgehead atoms. The van der Waals surface area contributed by atoms with Crippen molar-refractivity contribution in [2.75, 3.05) is 0 Å². The summed E-state index contributed by atoms with van der Waals surface area (Å²) in [6.45, 7) is 4.56. The van der Waals surface area contributed by atoms with Gasteiger partial charge in [0.05, 0.1) is 17.1 Å². The zero-order valence-electron chi connectivity index (χ0n) is 15.1. The predicted octanol–water partition coefficient (Wildman–Crippen LogP) is 4.42. The van der Waals surface area contributed by atoms with Crippen molar-refractivity contribution in [2.45, 2.75) is 51.5 Å². The molecule has 9 heteroatoms. The van der Waals surface area contributed by atoms with Gasteiger partial charge in [-0.05, 0) is 52.0 Å². The Morgan fingerprint density at radius 2 is 1.59 bits per heavy atom. The first-order chi connectivity index (χ1) is 12.3. The lowest BCUT2D eigenvalue weighted by Gasteiger charge is -2.33. The molecule has 27 heavy (non-hydrogen) atoms. The smallest absolute Gasteiger partial charge is 0.433 e. The molecule has 2 heterocycles. The van der Waals surface area contributed by atoms with Crippen LogP contribution < -0.4 is 4.74 Å². The molecule has 0 spiro atoms. The molecule has 2 unspecified atom stereocenters. The maximum atomic E-state index is 13.8. The molecular formula is C18H19F5N2O2. The van der Waals surface area contributed by atoms with Crippen LogP contribution in [0, 0.1) is 13.8 Å². The van der Waals surface area contributed by atoms with E-state index in [0.29, 0.717) is 5.69 Å². The molecule has 0 aliphatic heterocycles. The van der Waals surface area contributed by atoms with Crippen molar-refractivity contribution in [3.63, 3.8) is 0 Å². The van der Waals surface area contributed by atoms with E-state index >= 15 is 0 Å². The summed E-state index contributed by atoms with van der Waals surface area (Å²) >= 11 is 0. The third-order valence-corrected chi connectivity index (χ3v) is 4.21. The van der Waals surface area contributed by atoms with Gasteiger partial charge in [-0.1, -0.05) is 6.07 Å². The lowest BCUT2D eigenvalue weighted by atomic mass is 9.99. The first-order valence-electron chi connectivity index (χ1n) is 7.97. The number of pyridine rings is 2. The normalized spacial score (nSPS) is 16.7. The molecule has 148 valence electrons. The van der Waals surface area contributed by atoms with Crippen molar-refractivity contribution in [1.82, 2.24) is 9.97 Å². The van der Waals surface area contributed by atoms with Gasteiger partial charge in [-0.15, -0.1) is 0 Å². The summed E-state index contributed by atoms with van der Waals surface area (Å²) in [6.07, 6.45) is -7.93. The number of aromatic nitrogens is 2. The van der Waals surface area contributed by atoms with Crippen LogP contribution in [0.3, 0.4) is 0 Å². The second-order valence-corrected chi connectivity index (χ2v) is 6.53. The van der Waals surface area contributed by atoms with E-state index in [1.54, 1.807) is 13.0 Å². The summed E-state index contributed by atoms with van der Waals surface area (Å²) in [4.78, 5) is 7.71. The number of aliphatic hydroxyl groups is 1. The van der Waals surface area contributed by atoms with E-state index in [1.165, 1.54) is 19.1 Å². The lowest BCUT2D eigenvalue weighted by molar-refractivity contribution is -0.249. The predicted molar refractivity (Wildman–Crippen MR) is 87.6 cm³/mol. The molecule has 0 saturated heterocycles. The second-order valence-electron chi connectivity index (χ2n) is 6.53. The molecule has 0 aromatic carbocycles. The largest absolute Gasteiger partial charge is 0.470 e. The SMILES string of the molecule is Cc1cccc(C(C)(Oc2ccc(C(C)(O)C(F)F)nc2C)C(F)(F)F)n1. The molecule has 0 aliphatic carbocycles. The quantitative estimate of drug-likeness (QED) is 0.768. The minimum absolute atomic E-state index is 0.0726. The van der Waals surface area contributed by atoms with Gasteiger partial charge in [0.1, 0.15) is 5.75 Å². The second kappa shape index (κ2) is 7.03. The number of ether oxygens (including phenoxy) is 1. The van der Waals surface area contributed by atoms with Gasteiger partial charge >= 0.3 is 6.18 Å². The summed E-state index contributed by atoms with van der Waals surface area (Å²) in [7, 11) is 0. The highest BCUT2D eigenvalue weighted by atomic mass is 19.4. The highest BCUT2D eigenvalue weighted by molar-refractivity contribution is 5.32. The first-order valence-corrected chi connectivity index (χ1v) is 7.97. The highest BCUT2D eigenvalue weighted by Gasteiger charge is 2.56. The van der Waals surface area contributed by atoms with E-state index in [0.717, 1.165) is 26.0 Å². The average molecular weight is 390 g/mol. The van der Waals surface area contributed by atoms with E-state index in [-0.39, 0.29) is 22.8 Å². The van der Waals surface area contributed by atoms with E-state index in [9.17, 15) is 27.1 Å². The Kier molecular flexibility index (Phi) is 5.47. The number of hydrogen-bond acceptors (Lipinski definition) is 4. The third kappa shape index (κ3) is 4.02. The molecule has 1 N–H and O–H groups in total. The van der Waals surface area contributed by atoms with E-state index in [2.05, 4.69) is 9.97 Å². The topological polar surface area (TPSA) is 55.2 Å². The van der Waals surface area contributed by atoms with E-state index in [4.69, 9.17) is 4.74 Å². The molecule has 2 atom stereocenters.